The number of aryl methyl sites for hydroxylation is 2. The van der Waals surface area contributed by atoms with Gasteiger partial charge in [0.15, 0.2) is 5.82 Å². The van der Waals surface area contributed by atoms with Crippen molar-refractivity contribution >= 4 is 11.5 Å². The molecule has 0 bridgehead atoms. The molecule has 2 heterocycles. The summed E-state index contributed by atoms with van der Waals surface area (Å²) < 4.78 is 2.03. The lowest BCUT2D eigenvalue weighted by Crippen LogP contribution is -2.39. The third kappa shape index (κ3) is 1.56. The van der Waals surface area contributed by atoms with Gasteiger partial charge in [0, 0.05) is 18.6 Å². The van der Waals surface area contributed by atoms with Gasteiger partial charge in [0.2, 0.25) is 0 Å². The van der Waals surface area contributed by atoms with Crippen LogP contribution in [0.4, 0.5) is 11.5 Å². The maximum absolute atomic E-state index is 6.15. The summed E-state index contributed by atoms with van der Waals surface area (Å²) in [5, 5.41) is 4.49. The maximum atomic E-state index is 6.15. The molecule has 4 nitrogen and oxygen atoms in total. The molecule has 1 fully saturated rings. The number of hydrogen-bond donors (Lipinski definition) is 1. The lowest BCUT2D eigenvalue weighted by molar-refractivity contribution is 0.500. The maximum Gasteiger partial charge on any atom is 0.151 e. The van der Waals surface area contributed by atoms with Gasteiger partial charge in [-0.3, -0.25) is 0 Å². The van der Waals surface area contributed by atoms with E-state index in [1.807, 2.05) is 11.6 Å². The van der Waals surface area contributed by atoms with Crippen molar-refractivity contribution in [1.29, 1.82) is 0 Å². The van der Waals surface area contributed by atoms with Crippen LogP contribution in [0.25, 0.3) is 0 Å². The molecule has 1 aromatic heterocycles. The molecular formula is C12H22N4. The molecule has 0 unspecified atom stereocenters. The molecule has 0 aliphatic carbocycles. The highest BCUT2D eigenvalue weighted by atomic mass is 15.4. The van der Waals surface area contributed by atoms with Crippen molar-refractivity contribution in [3.05, 3.63) is 5.69 Å². The quantitative estimate of drug-likeness (QED) is 0.834. The molecule has 0 saturated carbocycles. The molecule has 0 radical (unpaired) electrons. The summed E-state index contributed by atoms with van der Waals surface area (Å²) in [6, 6.07) is 0. The molecule has 0 atom stereocenters. The molecular weight excluding hydrogens is 200 g/mol. The van der Waals surface area contributed by atoms with Gasteiger partial charge in [-0.25, -0.2) is 4.68 Å². The Hall–Kier alpha value is -1.19. The van der Waals surface area contributed by atoms with E-state index in [-0.39, 0.29) is 5.54 Å². The first-order valence-corrected chi connectivity index (χ1v) is 6.08. The number of rotatable bonds is 2. The number of nitrogens with two attached hydrogens (primary N) is 1. The summed E-state index contributed by atoms with van der Waals surface area (Å²) in [4.78, 5) is 2.41. The van der Waals surface area contributed by atoms with Crippen LogP contribution >= 0.6 is 0 Å². The monoisotopic (exact) mass is 222 g/mol. The summed E-state index contributed by atoms with van der Waals surface area (Å²) in [5.41, 5.74) is 8.15. The van der Waals surface area contributed by atoms with Gasteiger partial charge in [-0.2, -0.15) is 5.10 Å². The van der Waals surface area contributed by atoms with Crippen LogP contribution in [0.1, 0.15) is 39.3 Å². The lowest BCUT2D eigenvalue weighted by atomic mass is 10.0. The van der Waals surface area contributed by atoms with Crippen LogP contribution in [0.2, 0.25) is 0 Å². The van der Waals surface area contributed by atoms with Gasteiger partial charge in [-0.05, 0) is 40.5 Å². The molecule has 1 aliphatic rings. The van der Waals surface area contributed by atoms with Crippen molar-refractivity contribution in [2.24, 2.45) is 0 Å². The minimum Gasteiger partial charge on any atom is -0.394 e. The van der Waals surface area contributed by atoms with E-state index in [0.29, 0.717) is 0 Å². The van der Waals surface area contributed by atoms with E-state index in [2.05, 4.69) is 30.8 Å². The molecule has 1 aliphatic heterocycles. The number of anilines is 2. The molecule has 0 amide bonds. The highest BCUT2D eigenvalue weighted by Crippen LogP contribution is 2.37. The second kappa shape index (κ2) is 3.68. The van der Waals surface area contributed by atoms with Gasteiger partial charge in [0.05, 0.1) is 11.4 Å². The summed E-state index contributed by atoms with van der Waals surface area (Å²) in [6.07, 6.45) is 2.46. The first kappa shape index (κ1) is 11.3. The fraction of sp³-hybridized carbons (Fsp3) is 0.750. The second-order valence-corrected chi connectivity index (χ2v) is 5.21. The molecule has 4 heteroatoms. The first-order chi connectivity index (χ1) is 7.47. The smallest absolute Gasteiger partial charge is 0.151 e. The Bertz CT molecular complexity index is 392. The van der Waals surface area contributed by atoms with Crippen LogP contribution in [0.3, 0.4) is 0 Å². The van der Waals surface area contributed by atoms with Crippen LogP contribution < -0.4 is 10.6 Å². The minimum atomic E-state index is 0.202. The average molecular weight is 222 g/mol. The van der Waals surface area contributed by atoms with Crippen molar-refractivity contribution < 1.29 is 0 Å². The van der Waals surface area contributed by atoms with Crippen LogP contribution in [-0.2, 0) is 6.54 Å². The van der Waals surface area contributed by atoms with E-state index in [1.165, 1.54) is 12.8 Å². The Morgan fingerprint density at radius 1 is 1.44 bits per heavy atom. The van der Waals surface area contributed by atoms with E-state index >= 15 is 0 Å². The number of nitrogens with zero attached hydrogens (tertiary/aromatic N) is 3. The zero-order valence-corrected chi connectivity index (χ0v) is 10.7. The Balaban J connectivity index is 2.47. The Morgan fingerprint density at radius 2 is 2.12 bits per heavy atom. The van der Waals surface area contributed by atoms with E-state index in [9.17, 15) is 0 Å². The average Bonchev–Trinajstić information content (AvgIpc) is 2.69. The topological polar surface area (TPSA) is 47.1 Å². The SMILES string of the molecule is CCn1nc(C)c(N)c1N1CCCC1(C)C. The van der Waals surface area contributed by atoms with Crippen molar-refractivity contribution in [3.8, 4) is 0 Å². The predicted molar refractivity (Wildman–Crippen MR) is 67.7 cm³/mol. The summed E-state index contributed by atoms with van der Waals surface area (Å²) in [6.45, 7) is 10.6. The van der Waals surface area contributed by atoms with Gasteiger partial charge in [-0.15, -0.1) is 0 Å². The van der Waals surface area contributed by atoms with Gasteiger partial charge < -0.3 is 10.6 Å². The highest BCUT2D eigenvalue weighted by Gasteiger charge is 2.35. The summed E-state index contributed by atoms with van der Waals surface area (Å²) in [7, 11) is 0. The van der Waals surface area contributed by atoms with Crippen molar-refractivity contribution in [2.45, 2.75) is 52.6 Å². The molecule has 0 spiro atoms. The fourth-order valence-electron chi connectivity index (χ4n) is 2.59. The van der Waals surface area contributed by atoms with E-state index in [0.717, 1.165) is 30.3 Å². The molecule has 1 saturated heterocycles. The lowest BCUT2D eigenvalue weighted by Gasteiger charge is -2.34. The van der Waals surface area contributed by atoms with Crippen molar-refractivity contribution in [2.75, 3.05) is 17.2 Å². The Morgan fingerprint density at radius 3 is 2.62 bits per heavy atom. The summed E-state index contributed by atoms with van der Waals surface area (Å²) in [5.74, 6) is 1.11. The van der Waals surface area contributed by atoms with E-state index in [1.54, 1.807) is 0 Å². The largest absolute Gasteiger partial charge is 0.394 e. The molecule has 90 valence electrons. The third-order valence-corrected chi connectivity index (χ3v) is 3.60. The first-order valence-electron chi connectivity index (χ1n) is 6.08. The third-order valence-electron chi connectivity index (χ3n) is 3.60. The van der Waals surface area contributed by atoms with Crippen LogP contribution in [0.5, 0.6) is 0 Å². The highest BCUT2D eigenvalue weighted by molar-refractivity contribution is 5.67. The van der Waals surface area contributed by atoms with Crippen molar-refractivity contribution in [1.82, 2.24) is 9.78 Å². The molecule has 0 aromatic carbocycles. The van der Waals surface area contributed by atoms with Gasteiger partial charge in [0.1, 0.15) is 0 Å². The molecule has 2 rings (SSSR count). The molecule has 2 N–H and O–H groups in total. The van der Waals surface area contributed by atoms with Gasteiger partial charge >= 0.3 is 0 Å². The summed E-state index contributed by atoms with van der Waals surface area (Å²) >= 11 is 0. The Kier molecular flexibility index (Phi) is 2.60. The number of hydrogen-bond acceptors (Lipinski definition) is 3. The van der Waals surface area contributed by atoms with Crippen LogP contribution in [-0.4, -0.2) is 21.9 Å². The number of nitrogen functional groups attached to an aromatic ring is 1. The van der Waals surface area contributed by atoms with Gasteiger partial charge in [-0.1, -0.05) is 0 Å². The Labute approximate surface area is 97.4 Å². The zero-order valence-electron chi connectivity index (χ0n) is 10.7. The van der Waals surface area contributed by atoms with E-state index < -0.39 is 0 Å². The molecule has 16 heavy (non-hydrogen) atoms. The van der Waals surface area contributed by atoms with Crippen LogP contribution in [0.15, 0.2) is 0 Å². The second-order valence-electron chi connectivity index (χ2n) is 5.21. The fourth-order valence-corrected chi connectivity index (χ4v) is 2.59. The predicted octanol–water partition coefficient (Wildman–Crippen LogP) is 2.17. The minimum absolute atomic E-state index is 0.202. The standard InChI is InChI=1S/C12H22N4/c1-5-16-11(10(13)9(2)14-16)15-8-6-7-12(15,3)4/h5-8,13H2,1-4H3. The molecule has 1 aromatic rings. The van der Waals surface area contributed by atoms with E-state index in [4.69, 9.17) is 5.73 Å². The normalized spacial score (nSPS) is 19.4. The van der Waals surface area contributed by atoms with Crippen molar-refractivity contribution in [3.63, 3.8) is 0 Å². The van der Waals surface area contributed by atoms with Crippen LogP contribution in [0, 0.1) is 6.92 Å². The van der Waals surface area contributed by atoms with Gasteiger partial charge in [0.25, 0.3) is 0 Å². The zero-order chi connectivity index (χ0) is 11.9. The number of aromatic nitrogens is 2.